The molecule has 170 valence electrons. The third-order valence-corrected chi connectivity index (χ3v) is 8.70. The van der Waals surface area contributed by atoms with Gasteiger partial charge in [-0.15, -0.1) is 0 Å². The largest absolute Gasteiger partial charge is 0.460 e. The molecule has 3 saturated carbocycles. The van der Waals surface area contributed by atoms with Crippen LogP contribution < -0.4 is 0 Å². The van der Waals surface area contributed by atoms with Gasteiger partial charge in [-0.25, -0.2) is 4.98 Å². The van der Waals surface area contributed by atoms with Gasteiger partial charge in [-0.05, 0) is 61.5 Å². The van der Waals surface area contributed by atoms with Gasteiger partial charge in [0.15, 0.2) is 0 Å². The van der Waals surface area contributed by atoms with E-state index in [0.717, 1.165) is 49.8 Å². The molecule has 1 aliphatic heterocycles. The minimum atomic E-state index is -0.400. The molecule has 2 aromatic carbocycles. The van der Waals surface area contributed by atoms with Crippen molar-refractivity contribution in [3.63, 3.8) is 0 Å². The number of hydrogen-bond donors (Lipinski definition) is 1. The number of benzene rings is 2. The number of imidazole rings is 1. The van der Waals surface area contributed by atoms with Crippen molar-refractivity contribution in [3.05, 3.63) is 78.2 Å². The van der Waals surface area contributed by atoms with Crippen molar-refractivity contribution in [1.82, 2.24) is 9.55 Å². The third-order valence-electron chi connectivity index (χ3n) is 8.70. The summed E-state index contributed by atoms with van der Waals surface area (Å²) in [6, 6.07) is 18.4. The van der Waals surface area contributed by atoms with Crippen molar-refractivity contribution in [2.24, 2.45) is 10.8 Å². The first-order valence-corrected chi connectivity index (χ1v) is 12.1. The number of esters is 1. The molecule has 5 nitrogen and oxygen atoms in total. The van der Waals surface area contributed by atoms with Crippen LogP contribution in [-0.2, 0) is 16.1 Å². The normalized spacial score (nSPS) is 28.2. The first kappa shape index (κ1) is 20.7. The van der Waals surface area contributed by atoms with Crippen molar-refractivity contribution in [1.29, 1.82) is 0 Å². The summed E-state index contributed by atoms with van der Waals surface area (Å²) in [6.07, 6.45) is 9.20. The van der Waals surface area contributed by atoms with Crippen LogP contribution in [0, 0.1) is 10.8 Å². The summed E-state index contributed by atoms with van der Waals surface area (Å²) in [4.78, 5) is 17.4. The zero-order valence-corrected chi connectivity index (χ0v) is 18.8. The first-order chi connectivity index (χ1) is 16.1. The molecule has 1 aromatic heterocycles. The summed E-state index contributed by atoms with van der Waals surface area (Å²) in [6.45, 7) is 0.337. The van der Waals surface area contributed by atoms with Crippen LogP contribution >= 0.6 is 0 Å². The summed E-state index contributed by atoms with van der Waals surface area (Å²) >= 11 is 0. The number of carbonyl (C=O) groups excluding carboxylic acids is 1. The van der Waals surface area contributed by atoms with Crippen molar-refractivity contribution in [3.8, 4) is 11.3 Å². The van der Waals surface area contributed by atoms with Gasteiger partial charge in [0, 0.05) is 5.56 Å². The fourth-order valence-corrected chi connectivity index (χ4v) is 6.53. The van der Waals surface area contributed by atoms with E-state index in [1.807, 2.05) is 42.9 Å². The van der Waals surface area contributed by atoms with Gasteiger partial charge < -0.3 is 14.4 Å². The fourth-order valence-electron chi connectivity index (χ4n) is 6.53. The molecule has 2 bridgehead atoms. The number of aliphatic hydroxyl groups excluding tert-OH is 1. The van der Waals surface area contributed by atoms with E-state index in [1.54, 1.807) is 0 Å². The minimum absolute atomic E-state index is 0.0538. The molecule has 0 spiro atoms. The zero-order valence-electron chi connectivity index (χ0n) is 18.8. The number of aromatic nitrogens is 2. The average molecular weight is 443 g/mol. The van der Waals surface area contributed by atoms with E-state index in [4.69, 9.17) is 4.74 Å². The molecule has 33 heavy (non-hydrogen) atoms. The summed E-state index contributed by atoms with van der Waals surface area (Å²) in [5.74, 6) is -0.0538. The molecule has 7 rings (SSSR count). The molecule has 1 N–H and O–H groups in total. The van der Waals surface area contributed by atoms with E-state index >= 15 is 0 Å². The Labute approximate surface area is 194 Å². The second-order valence-corrected chi connectivity index (χ2v) is 10.2. The van der Waals surface area contributed by atoms with Gasteiger partial charge >= 0.3 is 5.97 Å². The summed E-state index contributed by atoms with van der Waals surface area (Å²) in [7, 11) is 0. The fraction of sp³-hybridized carbons (Fsp3) is 0.429. The highest BCUT2D eigenvalue weighted by Gasteiger charge is 2.56. The topological polar surface area (TPSA) is 64.3 Å². The van der Waals surface area contributed by atoms with Crippen LogP contribution in [0.1, 0.15) is 62.1 Å². The SMILES string of the molecule is O=C(OCc1ccccc1)C12CCC([C@@H](O)CC3c4ccccc4-c4cncn43)(CC1)CC2. The summed E-state index contributed by atoms with van der Waals surface area (Å²) < 4.78 is 7.95. The average Bonchev–Trinajstić information content (AvgIpc) is 3.47. The second-order valence-electron chi connectivity index (χ2n) is 10.2. The minimum Gasteiger partial charge on any atom is -0.460 e. The van der Waals surface area contributed by atoms with Crippen LogP contribution in [0.3, 0.4) is 0 Å². The van der Waals surface area contributed by atoms with E-state index < -0.39 is 6.10 Å². The molecule has 4 aliphatic rings. The molecule has 0 radical (unpaired) electrons. The molecule has 5 heteroatoms. The zero-order chi connectivity index (χ0) is 22.5. The van der Waals surface area contributed by atoms with Crippen molar-refractivity contribution < 1.29 is 14.6 Å². The highest BCUT2D eigenvalue weighted by Crippen LogP contribution is 2.60. The lowest BCUT2D eigenvalue weighted by Crippen LogP contribution is -2.51. The maximum atomic E-state index is 13.1. The lowest BCUT2D eigenvalue weighted by Gasteiger charge is -2.54. The molecule has 0 saturated heterocycles. The van der Waals surface area contributed by atoms with E-state index in [9.17, 15) is 9.90 Å². The van der Waals surface area contributed by atoms with Gasteiger partial charge in [0.2, 0.25) is 0 Å². The standard InChI is InChI=1S/C28H30N2O3/c31-25(16-23-21-8-4-5-9-22(21)24-17-29-19-30(23)24)27-10-13-28(14-11-27,15-12-27)26(32)33-18-20-6-2-1-3-7-20/h1-9,17,19,23,25,31H,10-16,18H2/t23?,25-,27?,28?/m0/s1. The van der Waals surface area contributed by atoms with Crippen molar-refractivity contribution in [2.75, 3.05) is 0 Å². The van der Waals surface area contributed by atoms with Gasteiger partial charge in [0.1, 0.15) is 6.61 Å². The molecule has 3 fully saturated rings. The molecule has 1 unspecified atom stereocenters. The molecular formula is C28H30N2O3. The lowest BCUT2D eigenvalue weighted by molar-refractivity contribution is -0.173. The molecular weight excluding hydrogens is 412 g/mol. The first-order valence-electron chi connectivity index (χ1n) is 12.1. The molecule has 0 amide bonds. The smallest absolute Gasteiger partial charge is 0.312 e. The van der Waals surface area contributed by atoms with E-state index in [2.05, 4.69) is 33.8 Å². The quantitative estimate of drug-likeness (QED) is 0.527. The Morgan fingerprint density at radius 1 is 1.03 bits per heavy atom. The molecule has 3 aliphatic carbocycles. The maximum absolute atomic E-state index is 13.1. The highest BCUT2D eigenvalue weighted by molar-refractivity contribution is 5.77. The Morgan fingerprint density at radius 3 is 2.48 bits per heavy atom. The number of ether oxygens (including phenoxy) is 1. The van der Waals surface area contributed by atoms with Crippen LogP contribution in [0.25, 0.3) is 11.3 Å². The van der Waals surface area contributed by atoms with Gasteiger partial charge in [-0.2, -0.15) is 0 Å². The molecule has 2 heterocycles. The Morgan fingerprint density at radius 2 is 1.73 bits per heavy atom. The summed E-state index contributed by atoms with van der Waals surface area (Å²) in [5.41, 5.74) is 4.18. The van der Waals surface area contributed by atoms with Gasteiger partial charge in [-0.3, -0.25) is 4.79 Å². The molecule has 2 atom stereocenters. The van der Waals surface area contributed by atoms with Gasteiger partial charge in [0.25, 0.3) is 0 Å². The van der Waals surface area contributed by atoms with Crippen LogP contribution in [0.5, 0.6) is 0 Å². The van der Waals surface area contributed by atoms with Gasteiger partial charge in [0.05, 0.1) is 35.8 Å². The third kappa shape index (κ3) is 3.33. The van der Waals surface area contributed by atoms with Gasteiger partial charge in [-0.1, -0.05) is 54.6 Å². The van der Waals surface area contributed by atoms with Crippen LogP contribution in [0.2, 0.25) is 0 Å². The lowest BCUT2D eigenvalue weighted by atomic mass is 9.51. The Kier molecular flexibility index (Phi) is 4.91. The van der Waals surface area contributed by atoms with Crippen molar-refractivity contribution in [2.45, 2.75) is 63.7 Å². The predicted octanol–water partition coefficient (Wildman–Crippen LogP) is 5.29. The number of fused-ring (bicyclic) bond motifs is 6. The second kappa shape index (κ2) is 7.84. The number of rotatable bonds is 6. The summed E-state index contributed by atoms with van der Waals surface area (Å²) in [5, 5.41) is 11.5. The number of carbonyl (C=O) groups is 1. The monoisotopic (exact) mass is 442 g/mol. The van der Waals surface area contributed by atoms with E-state index in [0.29, 0.717) is 13.0 Å². The Bertz CT molecular complexity index is 1140. The van der Waals surface area contributed by atoms with E-state index in [-0.39, 0.29) is 22.8 Å². The number of nitrogens with zero attached hydrogens (tertiary/aromatic N) is 2. The van der Waals surface area contributed by atoms with Crippen LogP contribution in [-0.4, -0.2) is 26.7 Å². The van der Waals surface area contributed by atoms with Crippen LogP contribution in [0.4, 0.5) is 0 Å². The molecule has 3 aromatic rings. The van der Waals surface area contributed by atoms with Crippen LogP contribution in [0.15, 0.2) is 67.1 Å². The number of aliphatic hydroxyl groups is 1. The Balaban J connectivity index is 1.14. The number of hydrogen-bond acceptors (Lipinski definition) is 4. The maximum Gasteiger partial charge on any atom is 0.312 e. The predicted molar refractivity (Wildman–Crippen MR) is 125 cm³/mol. The Hall–Kier alpha value is -2.92. The van der Waals surface area contributed by atoms with Crippen molar-refractivity contribution >= 4 is 5.97 Å². The highest BCUT2D eigenvalue weighted by atomic mass is 16.5. The van der Waals surface area contributed by atoms with E-state index in [1.165, 1.54) is 11.1 Å².